The zero-order valence-corrected chi connectivity index (χ0v) is 8.72. The lowest BCUT2D eigenvalue weighted by molar-refractivity contribution is -0.275. The van der Waals surface area contributed by atoms with Crippen LogP contribution in [-0.2, 0) is 0 Å². The van der Waals surface area contributed by atoms with E-state index in [0.29, 0.717) is 0 Å². The molecule has 0 aliphatic heterocycles. The number of hydrogen-bond donors (Lipinski definition) is 0. The van der Waals surface area contributed by atoms with Crippen LogP contribution in [0.1, 0.15) is 18.9 Å². The van der Waals surface area contributed by atoms with E-state index in [2.05, 4.69) is 4.74 Å². The van der Waals surface area contributed by atoms with Crippen LogP contribution in [0.5, 0.6) is 11.5 Å². The van der Waals surface area contributed by atoms with Crippen LogP contribution >= 0.6 is 0 Å². The summed E-state index contributed by atoms with van der Waals surface area (Å²) in [5.41, 5.74) is -0.428. The summed E-state index contributed by atoms with van der Waals surface area (Å²) >= 11 is 0. The third kappa shape index (κ3) is 4.08. The number of benzene rings is 1. The Kier molecular flexibility index (Phi) is 4.14. The first-order valence-electron chi connectivity index (χ1n) is 4.64. The molecule has 0 fully saturated rings. The molecule has 1 rings (SSSR count). The highest BCUT2D eigenvalue weighted by Crippen LogP contribution is 2.35. The Morgan fingerprint density at radius 2 is 1.82 bits per heavy atom. The molecule has 0 saturated carbocycles. The van der Waals surface area contributed by atoms with Gasteiger partial charge in [0.05, 0.1) is 6.61 Å². The van der Waals surface area contributed by atoms with Crippen molar-refractivity contribution in [2.75, 3.05) is 6.61 Å². The van der Waals surface area contributed by atoms with Crippen LogP contribution in [0.25, 0.3) is 0 Å². The molecule has 0 radical (unpaired) electrons. The van der Waals surface area contributed by atoms with Gasteiger partial charge < -0.3 is 9.47 Å². The first-order chi connectivity index (χ1) is 7.83. The quantitative estimate of drug-likeness (QED) is 0.760. The van der Waals surface area contributed by atoms with Crippen molar-refractivity contribution in [3.63, 3.8) is 0 Å². The van der Waals surface area contributed by atoms with E-state index in [1.165, 1.54) is 6.92 Å². The fourth-order valence-electron chi connectivity index (χ4n) is 1.14. The Hall–Kier alpha value is -1.53. The molecule has 0 aliphatic rings. The van der Waals surface area contributed by atoms with Crippen LogP contribution in [0.2, 0.25) is 0 Å². The fraction of sp³-hybridized carbons (Fsp3) is 0.400. The highest BCUT2D eigenvalue weighted by Gasteiger charge is 2.32. The predicted molar refractivity (Wildman–Crippen MR) is 49.3 cm³/mol. The van der Waals surface area contributed by atoms with Crippen LogP contribution < -0.4 is 9.47 Å². The zero-order chi connectivity index (χ0) is 13.1. The summed E-state index contributed by atoms with van der Waals surface area (Å²) in [7, 11) is 0. The predicted octanol–water partition coefficient (Wildman–Crippen LogP) is 3.92. The Labute approximate surface area is 93.9 Å². The molecule has 0 saturated heterocycles. The second kappa shape index (κ2) is 5.20. The summed E-state index contributed by atoms with van der Waals surface area (Å²) < 4.78 is 69.1. The van der Waals surface area contributed by atoms with E-state index in [-0.39, 0.29) is 12.4 Å². The van der Waals surface area contributed by atoms with E-state index >= 15 is 0 Å². The van der Waals surface area contributed by atoms with Crippen LogP contribution in [0.4, 0.5) is 22.0 Å². The molecule has 17 heavy (non-hydrogen) atoms. The average Bonchev–Trinajstić information content (AvgIpc) is 2.18. The average molecular weight is 256 g/mol. The van der Waals surface area contributed by atoms with Crippen molar-refractivity contribution in [2.24, 2.45) is 0 Å². The second-order valence-corrected chi connectivity index (χ2v) is 2.99. The smallest absolute Gasteiger partial charge is 0.490 e. The number of halogens is 5. The van der Waals surface area contributed by atoms with Gasteiger partial charge in [-0.3, -0.25) is 0 Å². The second-order valence-electron chi connectivity index (χ2n) is 2.99. The van der Waals surface area contributed by atoms with Gasteiger partial charge in [-0.25, -0.2) is 8.78 Å². The zero-order valence-electron chi connectivity index (χ0n) is 8.72. The van der Waals surface area contributed by atoms with Crippen molar-refractivity contribution in [3.8, 4) is 11.5 Å². The van der Waals surface area contributed by atoms with Gasteiger partial charge in [-0.2, -0.15) is 0 Å². The number of ether oxygens (including phenoxy) is 2. The molecule has 0 spiro atoms. The van der Waals surface area contributed by atoms with Gasteiger partial charge in [-0.1, -0.05) is 0 Å². The standard InChI is InChI=1S/C10H9F5O2/c1-2-16-8-5-6(9(11)12)3-4-7(8)17-10(13,14)15/h3-5,9H,2H2,1H3. The molecule has 0 aliphatic carbocycles. The summed E-state index contributed by atoms with van der Waals surface area (Å²) in [6, 6.07) is 2.49. The molecule has 1 aromatic rings. The maximum atomic E-state index is 12.3. The third-order valence-electron chi connectivity index (χ3n) is 1.75. The normalized spacial score (nSPS) is 11.7. The van der Waals surface area contributed by atoms with E-state index in [1.807, 2.05) is 0 Å². The lowest BCUT2D eigenvalue weighted by atomic mass is 10.2. The molecule has 0 atom stereocenters. The fourth-order valence-corrected chi connectivity index (χ4v) is 1.14. The molecule has 0 amide bonds. The summed E-state index contributed by atoms with van der Waals surface area (Å²) in [6.07, 6.45) is -7.67. The van der Waals surface area contributed by atoms with E-state index in [9.17, 15) is 22.0 Å². The van der Waals surface area contributed by atoms with E-state index in [0.717, 1.165) is 18.2 Å². The first kappa shape index (κ1) is 13.5. The lowest BCUT2D eigenvalue weighted by Crippen LogP contribution is -2.17. The lowest BCUT2D eigenvalue weighted by Gasteiger charge is -2.14. The summed E-state index contributed by atoms with van der Waals surface area (Å²) in [4.78, 5) is 0. The van der Waals surface area contributed by atoms with Crippen LogP contribution in [0.15, 0.2) is 18.2 Å². The molecule has 96 valence electrons. The third-order valence-corrected chi connectivity index (χ3v) is 1.75. The van der Waals surface area contributed by atoms with Crippen molar-refractivity contribution < 1.29 is 31.4 Å². The van der Waals surface area contributed by atoms with Crippen LogP contribution in [0, 0.1) is 0 Å². The van der Waals surface area contributed by atoms with Crippen molar-refractivity contribution in [3.05, 3.63) is 23.8 Å². The Morgan fingerprint density at radius 1 is 1.18 bits per heavy atom. The number of hydrogen-bond acceptors (Lipinski definition) is 2. The maximum absolute atomic E-state index is 12.3. The monoisotopic (exact) mass is 256 g/mol. The van der Waals surface area contributed by atoms with Gasteiger partial charge in [-0.15, -0.1) is 13.2 Å². The number of alkyl halides is 5. The molecular formula is C10H9F5O2. The minimum absolute atomic E-state index is 0.0426. The summed E-state index contributed by atoms with van der Waals surface area (Å²) in [5, 5.41) is 0. The molecular weight excluding hydrogens is 247 g/mol. The van der Waals surface area contributed by atoms with Crippen LogP contribution in [0.3, 0.4) is 0 Å². The molecule has 2 nitrogen and oxygen atoms in total. The van der Waals surface area contributed by atoms with E-state index in [4.69, 9.17) is 4.74 Å². The molecule has 0 bridgehead atoms. The van der Waals surface area contributed by atoms with Gasteiger partial charge >= 0.3 is 6.36 Å². The van der Waals surface area contributed by atoms with E-state index in [1.54, 1.807) is 0 Å². The van der Waals surface area contributed by atoms with E-state index < -0.39 is 24.1 Å². The van der Waals surface area contributed by atoms with Gasteiger partial charge in [0.2, 0.25) is 0 Å². The minimum atomic E-state index is -4.89. The highest BCUT2D eigenvalue weighted by molar-refractivity contribution is 5.43. The Morgan fingerprint density at radius 3 is 2.29 bits per heavy atom. The minimum Gasteiger partial charge on any atom is -0.490 e. The molecule has 0 heterocycles. The molecule has 1 aromatic carbocycles. The van der Waals surface area contributed by atoms with Crippen LogP contribution in [-0.4, -0.2) is 13.0 Å². The largest absolute Gasteiger partial charge is 0.573 e. The van der Waals surface area contributed by atoms with Gasteiger partial charge in [0.25, 0.3) is 6.43 Å². The first-order valence-corrected chi connectivity index (χ1v) is 4.64. The van der Waals surface area contributed by atoms with Crippen molar-refractivity contribution in [1.29, 1.82) is 0 Å². The summed E-state index contributed by atoms with van der Waals surface area (Å²) in [5.74, 6) is -0.994. The molecule has 0 aromatic heterocycles. The van der Waals surface area contributed by atoms with Gasteiger partial charge in [0, 0.05) is 5.56 Å². The highest BCUT2D eigenvalue weighted by atomic mass is 19.4. The van der Waals surface area contributed by atoms with Crippen molar-refractivity contribution >= 4 is 0 Å². The maximum Gasteiger partial charge on any atom is 0.573 e. The summed E-state index contributed by atoms with van der Waals surface area (Å²) in [6.45, 7) is 1.56. The molecule has 0 unspecified atom stereocenters. The molecule has 7 heteroatoms. The molecule has 0 N–H and O–H groups in total. The van der Waals surface area contributed by atoms with Gasteiger partial charge in [0.15, 0.2) is 11.5 Å². The van der Waals surface area contributed by atoms with Crippen molar-refractivity contribution in [1.82, 2.24) is 0 Å². The topological polar surface area (TPSA) is 18.5 Å². The van der Waals surface area contributed by atoms with Crippen molar-refractivity contribution in [2.45, 2.75) is 19.7 Å². The van der Waals surface area contributed by atoms with Gasteiger partial charge in [-0.05, 0) is 25.1 Å². The van der Waals surface area contributed by atoms with Gasteiger partial charge in [0.1, 0.15) is 0 Å². The Bertz CT molecular complexity index is 375. The Balaban J connectivity index is 3.04. The SMILES string of the molecule is CCOc1cc(C(F)F)ccc1OC(F)(F)F. The number of rotatable bonds is 4.